The number of hydrogen-bond acceptors (Lipinski definition) is 4. The first-order valence-electron chi connectivity index (χ1n) is 11.6. The summed E-state index contributed by atoms with van der Waals surface area (Å²) >= 11 is 0. The number of aromatic nitrogens is 1. The minimum absolute atomic E-state index is 0.0620. The van der Waals surface area contributed by atoms with Gasteiger partial charge in [0.15, 0.2) is 5.69 Å². The van der Waals surface area contributed by atoms with Crippen LogP contribution in [0.4, 0.5) is 11.4 Å². The lowest BCUT2D eigenvalue weighted by Crippen LogP contribution is -2.59. The van der Waals surface area contributed by atoms with Gasteiger partial charge in [0.05, 0.1) is 18.3 Å². The van der Waals surface area contributed by atoms with Crippen LogP contribution in [-0.2, 0) is 16.6 Å². The van der Waals surface area contributed by atoms with Crippen LogP contribution in [0.3, 0.4) is 0 Å². The Hall–Kier alpha value is -2.74. The van der Waals surface area contributed by atoms with Gasteiger partial charge in [0.25, 0.3) is 0 Å². The predicted octanol–water partition coefficient (Wildman–Crippen LogP) is 4.34. The lowest BCUT2D eigenvalue weighted by molar-refractivity contribution is 0.149. The van der Waals surface area contributed by atoms with Gasteiger partial charge in [-0.25, -0.2) is 13.6 Å². The first-order chi connectivity index (χ1) is 15.9. The van der Waals surface area contributed by atoms with E-state index in [1.807, 2.05) is 24.4 Å². The summed E-state index contributed by atoms with van der Waals surface area (Å²) in [7, 11) is -1.33. The number of benzene rings is 2. The molecule has 4 atom stereocenters. The van der Waals surface area contributed by atoms with Gasteiger partial charge in [-0.15, -0.1) is 0 Å². The standard InChI is InChI=1S/C26H31N4O2S/c1-30(21-12-9-13-22(18-21)33(27,31)32)25-16-6-5-15-24(25)29(19-20-10-3-2-4-11-20)26(30)23-14-7-8-17-28-23/h2-8,10-11,14-17,21-22,26H,9,12-13,18-19H2,1H3,(H2,27,31,32)/q+1. The second-order valence-corrected chi connectivity index (χ2v) is 11.3. The number of nitrogens with two attached hydrogens (primary N) is 1. The van der Waals surface area contributed by atoms with Crippen LogP contribution < -0.4 is 14.5 Å². The van der Waals surface area contributed by atoms with Gasteiger partial charge in [0, 0.05) is 31.6 Å². The summed E-state index contributed by atoms with van der Waals surface area (Å²) in [6.07, 6.45) is 4.80. The van der Waals surface area contributed by atoms with E-state index in [0.717, 1.165) is 25.1 Å². The highest BCUT2D eigenvalue weighted by atomic mass is 32.2. The van der Waals surface area contributed by atoms with Crippen molar-refractivity contribution >= 4 is 21.4 Å². The number of rotatable bonds is 5. The van der Waals surface area contributed by atoms with Crippen molar-refractivity contribution in [3.05, 3.63) is 90.3 Å². The lowest BCUT2D eigenvalue weighted by Gasteiger charge is -2.46. The number of fused-ring (bicyclic) bond motifs is 1. The van der Waals surface area contributed by atoms with E-state index in [2.05, 4.69) is 66.5 Å². The summed E-state index contributed by atoms with van der Waals surface area (Å²) in [4.78, 5) is 7.23. The molecule has 0 radical (unpaired) electrons. The Morgan fingerprint density at radius 2 is 1.73 bits per heavy atom. The van der Waals surface area contributed by atoms with Gasteiger partial charge in [-0.05, 0) is 36.6 Å². The number of para-hydroxylation sites is 2. The second-order valence-electron chi connectivity index (χ2n) is 9.41. The zero-order valence-corrected chi connectivity index (χ0v) is 19.7. The first kappa shape index (κ1) is 22.1. The van der Waals surface area contributed by atoms with Crippen LogP contribution in [0.1, 0.15) is 43.1 Å². The van der Waals surface area contributed by atoms with Crippen molar-refractivity contribution in [2.24, 2.45) is 5.14 Å². The van der Waals surface area contributed by atoms with Gasteiger partial charge in [-0.2, -0.15) is 0 Å². The third kappa shape index (κ3) is 3.94. The summed E-state index contributed by atoms with van der Waals surface area (Å²) in [5.41, 5.74) is 4.61. The van der Waals surface area contributed by atoms with Crippen LogP contribution in [0.5, 0.6) is 0 Å². The summed E-state index contributed by atoms with van der Waals surface area (Å²) < 4.78 is 25.2. The lowest BCUT2D eigenvalue weighted by atomic mass is 9.91. The summed E-state index contributed by atoms with van der Waals surface area (Å²) in [6, 6.07) is 25.2. The Morgan fingerprint density at radius 3 is 2.45 bits per heavy atom. The molecule has 0 spiro atoms. The topological polar surface area (TPSA) is 76.3 Å². The second kappa shape index (κ2) is 8.56. The maximum atomic E-state index is 12.3. The molecule has 3 aromatic rings. The van der Waals surface area contributed by atoms with Gasteiger partial charge in [-0.3, -0.25) is 9.47 Å². The Labute approximate surface area is 196 Å². The number of nitrogens with zero attached hydrogens (tertiary/aromatic N) is 3. The third-order valence-electron chi connectivity index (χ3n) is 7.48. The van der Waals surface area contributed by atoms with E-state index in [4.69, 9.17) is 10.1 Å². The quantitative estimate of drug-likeness (QED) is 0.571. The molecular formula is C26H31N4O2S+. The Kier molecular flexibility index (Phi) is 5.72. The summed E-state index contributed by atoms with van der Waals surface area (Å²) in [5, 5.41) is 5.13. The minimum atomic E-state index is -3.58. The molecule has 2 aromatic carbocycles. The van der Waals surface area contributed by atoms with Gasteiger partial charge >= 0.3 is 0 Å². The molecule has 2 N–H and O–H groups in total. The molecule has 0 saturated heterocycles. The fraction of sp³-hybridized carbons (Fsp3) is 0.346. The van der Waals surface area contributed by atoms with Crippen LogP contribution in [0.25, 0.3) is 0 Å². The third-order valence-corrected chi connectivity index (χ3v) is 8.84. The SMILES string of the molecule is C[N+]1(C2CCCC(S(N)(=O)=O)C2)c2ccccc2N(Cc2ccccc2)C1c1ccccn1. The molecule has 2 aliphatic rings. The van der Waals surface area contributed by atoms with E-state index in [1.165, 1.54) is 16.9 Å². The molecule has 33 heavy (non-hydrogen) atoms. The highest BCUT2D eigenvalue weighted by Gasteiger charge is 2.55. The van der Waals surface area contributed by atoms with Gasteiger partial charge in [0.1, 0.15) is 11.4 Å². The fourth-order valence-corrected chi connectivity index (χ4v) is 6.87. The van der Waals surface area contributed by atoms with Crippen LogP contribution in [0.15, 0.2) is 79.0 Å². The van der Waals surface area contributed by atoms with Crippen molar-refractivity contribution < 1.29 is 8.42 Å². The Morgan fingerprint density at radius 1 is 1.00 bits per heavy atom. The highest BCUT2D eigenvalue weighted by Crippen LogP contribution is 2.54. The molecular weight excluding hydrogens is 432 g/mol. The maximum absolute atomic E-state index is 12.3. The van der Waals surface area contributed by atoms with Crippen molar-refractivity contribution in [1.82, 2.24) is 9.47 Å². The van der Waals surface area contributed by atoms with E-state index in [-0.39, 0.29) is 12.2 Å². The molecule has 1 fully saturated rings. The molecule has 0 amide bonds. The molecule has 5 rings (SSSR count). The number of sulfonamides is 1. The number of anilines is 1. The van der Waals surface area contributed by atoms with Crippen molar-refractivity contribution in [3.8, 4) is 0 Å². The monoisotopic (exact) mass is 463 g/mol. The average molecular weight is 464 g/mol. The normalized spacial score (nSPS) is 27.3. The predicted molar refractivity (Wildman–Crippen MR) is 133 cm³/mol. The van der Waals surface area contributed by atoms with Gasteiger partial charge < -0.3 is 4.90 Å². The Balaban J connectivity index is 1.65. The molecule has 172 valence electrons. The molecule has 2 heterocycles. The van der Waals surface area contributed by atoms with E-state index in [9.17, 15) is 8.42 Å². The van der Waals surface area contributed by atoms with Crippen molar-refractivity contribution in [2.75, 3.05) is 11.9 Å². The van der Waals surface area contributed by atoms with E-state index >= 15 is 0 Å². The smallest absolute Gasteiger partial charge is 0.213 e. The maximum Gasteiger partial charge on any atom is 0.213 e. The van der Waals surface area contributed by atoms with Crippen molar-refractivity contribution in [1.29, 1.82) is 0 Å². The molecule has 0 bridgehead atoms. The summed E-state index contributed by atoms with van der Waals surface area (Å²) in [5.74, 6) is 0. The van der Waals surface area contributed by atoms with E-state index in [0.29, 0.717) is 17.3 Å². The number of quaternary nitrogens is 1. The largest absolute Gasteiger partial charge is 0.307 e. The van der Waals surface area contributed by atoms with E-state index < -0.39 is 15.3 Å². The molecule has 4 unspecified atom stereocenters. The van der Waals surface area contributed by atoms with Gasteiger partial charge in [-0.1, -0.05) is 48.5 Å². The van der Waals surface area contributed by atoms with Crippen LogP contribution >= 0.6 is 0 Å². The molecule has 6 nitrogen and oxygen atoms in total. The number of primary sulfonamides is 1. The van der Waals surface area contributed by atoms with Crippen LogP contribution in [0, 0.1) is 0 Å². The Bertz CT molecular complexity index is 1220. The number of pyridine rings is 1. The van der Waals surface area contributed by atoms with Crippen molar-refractivity contribution in [3.63, 3.8) is 0 Å². The number of hydrogen-bond donors (Lipinski definition) is 1. The molecule has 7 heteroatoms. The molecule has 1 aromatic heterocycles. The molecule has 1 aliphatic carbocycles. The zero-order chi connectivity index (χ0) is 23.1. The minimum Gasteiger partial charge on any atom is -0.307 e. The summed E-state index contributed by atoms with van der Waals surface area (Å²) in [6.45, 7) is 0.748. The molecule has 1 saturated carbocycles. The van der Waals surface area contributed by atoms with Crippen LogP contribution in [0.2, 0.25) is 0 Å². The average Bonchev–Trinajstić information content (AvgIpc) is 3.09. The molecule has 1 aliphatic heterocycles. The van der Waals surface area contributed by atoms with E-state index in [1.54, 1.807) is 0 Å². The van der Waals surface area contributed by atoms with Crippen LogP contribution in [-0.4, -0.2) is 31.7 Å². The van der Waals surface area contributed by atoms with Gasteiger partial charge in [0.2, 0.25) is 16.2 Å². The van der Waals surface area contributed by atoms with Crippen molar-refractivity contribution in [2.45, 2.75) is 49.7 Å². The zero-order valence-electron chi connectivity index (χ0n) is 18.9. The fourth-order valence-electron chi connectivity index (χ4n) is 5.88. The first-order valence-corrected chi connectivity index (χ1v) is 13.2. The highest BCUT2D eigenvalue weighted by molar-refractivity contribution is 7.89.